The summed E-state index contributed by atoms with van der Waals surface area (Å²) < 4.78 is 39.7. The average Bonchev–Trinajstić information content (AvgIpc) is 3.13. The highest BCUT2D eigenvalue weighted by molar-refractivity contribution is 6.05. The summed E-state index contributed by atoms with van der Waals surface area (Å²) >= 11 is 0. The molecule has 31 heavy (non-hydrogen) atoms. The molecule has 0 atom stereocenters. The lowest BCUT2D eigenvalue weighted by atomic mass is 10.0. The Bertz CT molecular complexity index is 1000. The van der Waals surface area contributed by atoms with E-state index in [2.05, 4.69) is 16.0 Å². The summed E-state index contributed by atoms with van der Waals surface area (Å²) in [6.07, 6.45) is -1.25. The van der Waals surface area contributed by atoms with Crippen molar-refractivity contribution in [1.29, 1.82) is 0 Å². The molecule has 6 nitrogen and oxygen atoms in total. The summed E-state index contributed by atoms with van der Waals surface area (Å²) in [5.41, 5.74) is 2.28. The first kappa shape index (κ1) is 21.0. The molecule has 0 radical (unpaired) electrons. The predicted molar refractivity (Wildman–Crippen MR) is 112 cm³/mol. The maximum atomic E-state index is 13.2. The number of para-hydroxylation sites is 1. The van der Waals surface area contributed by atoms with E-state index in [0.717, 1.165) is 30.9 Å². The molecule has 0 aromatic heterocycles. The van der Waals surface area contributed by atoms with Crippen LogP contribution >= 0.6 is 0 Å². The van der Waals surface area contributed by atoms with Crippen LogP contribution in [0.5, 0.6) is 0 Å². The number of anilines is 3. The lowest BCUT2D eigenvalue weighted by Gasteiger charge is -2.31. The van der Waals surface area contributed by atoms with Crippen LogP contribution in [0.3, 0.4) is 0 Å². The van der Waals surface area contributed by atoms with E-state index in [1.54, 1.807) is 12.1 Å². The Hall–Kier alpha value is -3.23. The molecule has 0 aliphatic carbocycles. The molecule has 4 rings (SSSR count). The minimum absolute atomic E-state index is 0.0805. The van der Waals surface area contributed by atoms with E-state index < -0.39 is 17.8 Å². The van der Waals surface area contributed by atoms with Crippen molar-refractivity contribution in [1.82, 2.24) is 5.32 Å². The number of urea groups is 1. The molecule has 2 aromatic carbocycles. The van der Waals surface area contributed by atoms with Gasteiger partial charge in [-0.25, -0.2) is 4.79 Å². The van der Waals surface area contributed by atoms with E-state index in [1.807, 2.05) is 11.0 Å². The Labute approximate surface area is 177 Å². The van der Waals surface area contributed by atoms with Crippen LogP contribution in [0.2, 0.25) is 0 Å². The fourth-order valence-corrected chi connectivity index (χ4v) is 4.02. The van der Waals surface area contributed by atoms with Gasteiger partial charge in [-0.2, -0.15) is 13.2 Å². The molecule has 0 bridgehead atoms. The molecular weight excluding hydrogens is 409 g/mol. The summed E-state index contributed by atoms with van der Waals surface area (Å²) in [6.45, 7) is 1.46. The van der Waals surface area contributed by atoms with Gasteiger partial charge in [0.25, 0.3) is 0 Å². The van der Waals surface area contributed by atoms with E-state index in [9.17, 15) is 22.8 Å². The van der Waals surface area contributed by atoms with Crippen molar-refractivity contribution in [2.24, 2.45) is 0 Å². The van der Waals surface area contributed by atoms with Crippen LogP contribution in [0, 0.1) is 0 Å². The first-order chi connectivity index (χ1) is 14.8. The zero-order valence-corrected chi connectivity index (χ0v) is 16.8. The summed E-state index contributed by atoms with van der Waals surface area (Å²) in [4.78, 5) is 26.0. The summed E-state index contributed by atoms with van der Waals surface area (Å²) in [5, 5.41) is 8.15. The zero-order valence-electron chi connectivity index (χ0n) is 16.8. The number of rotatable bonds is 4. The molecule has 3 N–H and O–H groups in total. The molecule has 164 valence electrons. The van der Waals surface area contributed by atoms with Crippen molar-refractivity contribution < 1.29 is 22.8 Å². The highest BCUT2D eigenvalue weighted by atomic mass is 19.4. The minimum Gasteiger partial charge on any atom is -0.371 e. The number of hydrogen-bond donors (Lipinski definition) is 3. The average molecular weight is 432 g/mol. The molecule has 9 heteroatoms. The van der Waals surface area contributed by atoms with Crippen molar-refractivity contribution in [2.75, 3.05) is 28.6 Å². The maximum absolute atomic E-state index is 13.2. The van der Waals surface area contributed by atoms with Gasteiger partial charge in [0, 0.05) is 25.3 Å². The third kappa shape index (κ3) is 4.76. The van der Waals surface area contributed by atoms with Gasteiger partial charge in [0.1, 0.15) is 0 Å². The molecule has 0 saturated carbocycles. The van der Waals surface area contributed by atoms with E-state index in [4.69, 9.17) is 0 Å². The zero-order chi connectivity index (χ0) is 22.0. The Kier molecular flexibility index (Phi) is 5.75. The second kappa shape index (κ2) is 8.49. The number of carbonyl (C=O) groups excluding carboxylic acids is 2. The second-order valence-electron chi connectivity index (χ2n) is 7.76. The van der Waals surface area contributed by atoms with Gasteiger partial charge in [0.2, 0.25) is 5.91 Å². The normalized spacial score (nSPS) is 16.0. The Balaban J connectivity index is 1.48. The molecule has 2 heterocycles. The fraction of sp³-hybridized carbons (Fsp3) is 0.364. The van der Waals surface area contributed by atoms with Gasteiger partial charge in [0.05, 0.1) is 23.4 Å². The highest BCUT2D eigenvalue weighted by Crippen LogP contribution is 2.35. The number of nitrogens with zero attached hydrogens (tertiary/aromatic N) is 1. The maximum Gasteiger partial charge on any atom is 0.416 e. The van der Waals surface area contributed by atoms with Gasteiger partial charge in [-0.1, -0.05) is 18.2 Å². The third-order valence-corrected chi connectivity index (χ3v) is 5.56. The number of carbonyl (C=O) groups is 2. The van der Waals surface area contributed by atoms with E-state index in [0.29, 0.717) is 35.7 Å². The number of amides is 3. The lowest BCUT2D eigenvalue weighted by molar-refractivity contribution is -0.137. The highest BCUT2D eigenvalue weighted by Gasteiger charge is 2.32. The van der Waals surface area contributed by atoms with Gasteiger partial charge < -0.3 is 20.9 Å². The van der Waals surface area contributed by atoms with Crippen molar-refractivity contribution in [2.45, 2.75) is 38.4 Å². The number of alkyl halides is 3. The van der Waals surface area contributed by atoms with E-state index in [-0.39, 0.29) is 18.9 Å². The van der Waals surface area contributed by atoms with Crippen molar-refractivity contribution in [3.63, 3.8) is 0 Å². The van der Waals surface area contributed by atoms with Crippen LogP contribution in [0.4, 0.5) is 35.0 Å². The number of halogens is 3. The number of benzene rings is 2. The van der Waals surface area contributed by atoms with Crippen LogP contribution in [0.15, 0.2) is 36.4 Å². The third-order valence-electron chi connectivity index (χ3n) is 5.56. The van der Waals surface area contributed by atoms with E-state index in [1.165, 1.54) is 12.1 Å². The molecule has 2 aliphatic heterocycles. The quantitative estimate of drug-likeness (QED) is 0.666. The van der Waals surface area contributed by atoms with Crippen molar-refractivity contribution in [3.8, 4) is 0 Å². The fourth-order valence-electron chi connectivity index (χ4n) is 4.02. The van der Waals surface area contributed by atoms with Gasteiger partial charge in [0.15, 0.2) is 0 Å². The Morgan fingerprint density at radius 1 is 1.10 bits per heavy atom. The van der Waals surface area contributed by atoms with Crippen LogP contribution < -0.4 is 20.9 Å². The Morgan fingerprint density at radius 2 is 1.87 bits per heavy atom. The molecule has 0 unspecified atom stereocenters. The smallest absolute Gasteiger partial charge is 0.371 e. The largest absolute Gasteiger partial charge is 0.416 e. The minimum atomic E-state index is -4.42. The summed E-state index contributed by atoms with van der Waals surface area (Å²) in [5.74, 6) is -0.138. The molecule has 2 aromatic rings. The molecule has 3 amide bonds. The van der Waals surface area contributed by atoms with Crippen molar-refractivity contribution in [3.05, 3.63) is 53.1 Å². The number of piperidine rings is 1. The van der Waals surface area contributed by atoms with Crippen LogP contribution in [-0.4, -0.2) is 25.0 Å². The monoisotopic (exact) mass is 432 g/mol. The molecule has 0 spiro atoms. The lowest BCUT2D eigenvalue weighted by Crippen LogP contribution is -2.33. The Morgan fingerprint density at radius 3 is 2.61 bits per heavy atom. The number of fused-ring (bicyclic) bond motifs is 1. The van der Waals surface area contributed by atoms with Gasteiger partial charge >= 0.3 is 12.2 Å². The molecule has 1 saturated heterocycles. The van der Waals surface area contributed by atoms with Gasteiger partial charge in [-0.05, 0) is 48.6 Å². The number of nitrogens with one attached hydrogen (secondary N) is 3. The predicted octanol–water partition coefficient (Wildman–Crippen LogP) is 4.51. The van der Waals surface area contributed by atoms with E-state index >= 15 is 0 Å². The van der Waals surface area contributed by atoms with Crippen LogP contribution in [0.25, 0.3) is 0 Å². The first-order valence-electron chi connectivity index (χ1n) is 10.2. The van der Waals surface area contributed by atoms with Crippen molar-refractivity contribution >= 4 is 29.0 Å². The second-order valence-corrected chi connectivity index (χ2v) is 7.76. The number of hydrogen-bond acceptors (Lipinski definition) is 3. The molecular formula is C22H23F3N4O2. The first-order valence-corrected chi connectivity index (χ1v) is 10.2. The van der Waals surface area contributed by atoms with Gasteiger partial charge in [-0.15, -0.1) is 0 Å². The van der Waals surface area contributed by atoms with Gasteiger partial charge in [-0.3, -0.25) is 4.79 Å². The summed E-state index contributed by atoms with van der Waals surface area (Å²) in [7, 11) is 0. The standard InChI is InChI=1S/C22H23F3N4O2/c23-22(24,25)16-8-7-15(18(12-16)29-9-2-1-3-10-29)13-26-21(31)27-17-6-4-5-14-11-19(30)28-20(14)17/h4-8,12H,1-3,9-11,13H2,(H,28,30)(H2,26,27,31). The SMILES string of the molecule is O=C1Cc2cccc(NC(=O)NCc3ccc(C(F)(F)F)cc3N3CCCCC3)c2N1. The molecule has 2 aliphatic rings. The van der Waals surface area contributed by atoms with Crippen LogP contribution in [0.1, 0.15) is 36.0 Å². The summed E-state index contributed by atoms with van der Waals surface area (Å²) in [6, 6.07) is 8.37. The van der Waals surface area contributed by atoms with Crippen LogP contribution in [-0.2, 0) is 23.9 Å². The molecule has 1 fully saturated rings. The topological polar surface area (TPSA) is 73.5 Å².